The lowest BCUT2D eigenvalue weighted by Crippen LogP contribution is -2.41. The van der Waals surface area contributed by atoms with E-state index in [4.69, 9.17) is 11.6 Å². The minimum atomic E-state index is -0.871. The molecule has 0 aliphatic carbocycles. The maximum absolute atomic E-state index is 12.7. The van der Waals surface area contributed by atoms with E-state index in [0.717, 1.165) is 0 Å². The van der Waals surface area contributed by atoms with Crippen LogP contribution in [-0.2, 0) is 4.79 Å². The fourth-order valence-electron chi connectivity index (χ4n) is 1.36. The molecule has 0 spiro atoms. The van der Waals surface area contributed by atoms with E-state index in [1.807, 2.05) is 0 Å². The highest BCUT2D eigenvalue weighted by Crippen LogP contribution is 2.19. The first-order valence-corrected chi connectivity index (χ1v) is 4.85. The van der Waals surface area contributed by atoms with Gasteiger partial charge in [0.2, 0.25) is 5.50 Å². The lowest BCUT2D eigenvalue weighted by molar-refractivity contribution is -0.118. The first-order chi connectivity index (χ1) is 7.18. The minimum absolute atomic E-state index is 0.286. The highest BCUT2D eigenvalue weighted by atomic mass is 35.5. The number of benzene rings is 1. The quantitative estimate of drug-likeness (QED) is 0.531. The van der Waals surface area contributed by atoms with Crippen LogP contribution in [0.1, 0.15) is 0 Å². The van der Waals surface area contributed by atoms with Crippen molar-refractivity contribution in [1.82, 2.24) is 0 Å². The molecule has 1 aliphatic rings. The van der Waals surface area contributed by atoms with E-state index >= 15 is 0 Å². The molecule has 1 unspecified atom stereocenters. The van der Waals surface area contributed by atoms with Crippen molar-refractivity contribution in [2.45, 2.75) is 5.50 Å². The van der Waals surface area contributed by atoms with Gasteiger partial charge in [0.15, 0.2) is 0 Å². The molecular weight excluding hydrogens is 219 g/mol. The van der Waals surface area contributed by atoms with Crippen LogP contribution in [0.3, 0.4) is 0 Å². The van der Waals surface area contributed by atoms with Gasteiger partial charge in [-0.1, -0.05) is 11.6 Å². The largest absolute Gasteiger partial charge is 0.304 e. The molecular formula is C10H8ClFN2O. The molecule has 2 rings (SSSR count). The zero-order chi connectivity index (χ0) is 10.8. The summed E-state index contributed by atoms with van der Waals surface area (Å²) in [7, 11) is 0. The summed E-state index contributed by atoms with van der Waals surface area (Å²) >= 11 is 5.68. The molecule has 1 aromatic rings. The second-order valence-corrected chi connectivity index (χ2v) is 3.51. The number of hydrogen-bond donors (Lipinski definition) is 0. The van der Waals surface area contributed by atoms with Crippen LogP contribution in [0.15, 0.2) is 29.3 Å². The van der Waals surface area contributed by atoms with Crippen molar-refractivity contribution in [3.8, 4) is 0 Å². The van der Waals surface area contributed by atoms with Gasteiger partial charge in [0.05, 0.1) is 6.54 Å². The number of carbonyl (C=O) groups excluding carboxylic acids is 1. The summed E-state index contributed by atoms with van der Waals surface area (Å²) in [6.45, 7) is 0.369. The van der Waals surface area contributed by atoms with Gasteiger partial charge < -0.3 is 4.90 Å². The number of aliphatic imine (C=N–C) groups is 1. The molecule has 1 aliphatic heterocycles. The van der Waals surface area contributed by atoms with Gasteiger partial charge in [-0.25, -0.2) is 4.39 Å². The molecule has 0 radical (unpaired) electrons. The molecule has 1 heterocycles. The molecule has 0 N–H and O–H groups in total. The van der Waals surface area contributed by atoms with E-state index in [0.29, 0.717) is 12.2 Å². The van der Waals surface area contributed by atoms with E-state index in [2.05, 4.69) is 4.99 Å². The molecule has 78 valence electrons. The van der Waals surface area contributed by atoms with Crippen LogP contribution < -0.4 is 4.90 Å². The van der Waals surface area contributed by atoms with Gasteiger partial charge in [-0.15, -0.1) is 0 Å². The Morgan fingerprint density at radius 3 is 2.73 bits per heavy atom. The topological polar surface area (TPSA) is 32.7 Å². The third-order valence-electron chi connectivity index (χ3n) is 2.11. The molecule has 3 nitrogen and oxygen atoms in total. The van der Waals surface area contributed by atoms with Gasteiger partial charge in [-0.2, -0.15) is 0 Å². The average Bonchev–Trinajstić information content (AvgIpc) is 2.24. The Hall–Kier alpha value is -1.42. The zero-order valence-electron chi connectivity index (χ0n) is 7.73. The summed E-state index contributed by atoms with van der Waals surface area (Å²) < 4.78 is 12.7. The van der Waals surface area contributed by atoms with Crippen LogP contribution in [0.2, 0.25) is 0 Å². The van der Waals surface area contributed by atoms with Crippen molar-refractivity contribution in [3.05, 3.63) is 30.1 Å². The van der Waals surface area contributed by atoms with Crippen molar-refractivity contribution in [1.29, 1.82) is 0 Å². The Morgan fingerprint density at radius 2 is 2.07 bits per heavy atom. The van der Waals surface area contributed by atoms with Gasteiger partial charge in [-0.05, 0) is 24.3 Å². The van der Waals surface area contributed by atoms with Gasteiger partial charge in [0.25, 0.3) is 5.91 Å². The number of amides is 1. The minimum Gasteiger partial charge on any atom is -0.304 e. The number of anilines is 1. The fraction of sp³-hybridized carbons (Fsp3) is 0.200. The smallest absolute Gasteiger partial charge is 0.267 e. The number of rotatable bonds is 1. The van der Waals surface area contributed by atoms with E-state index in [9.17, 15) is 9.18 Å². The van der Waals surface area contributed by atoms with Crippen LogP contribution in [0, 0.1) is 5.82 Å². The Bertz CT molecular complexity index is 404. The molecule has 0 saturated carbocycles. The van der Waals surface area contributed by atoms with Gasteiger partial charge in [0.1, 0.15) is 5.82 Å². The second kappa shape index (κ2) is 3.98. The molecule has 0 bridgehead atoms. The highest BCUT2D eigenvalue weighted by Gasteiger charge is 2.25. The van der Waals surface area contributed by atoms with Crippen LogP contribution in [0.25, 0.3) is 0 Å². The maximum Gasteiger partial charge on any atom is 0.267 e. The van der Waals surface area contributed by atoms with E-state index in [1.165, 1.54) is 29.2 Å². The summed E-state index contributed by atoms with van der Waals surface area (Å²) in [6.07, 6.45) is 1.57. The van der Waals surface area contributed by atoms with Crippen LogP contribution in [0.5, 0.6) is 0 Å². The number of carbonyl (C=O) groups is 1. The predicted molar refractivity (Wildman–Crippen MR) is 56.9 cm³/mol. The molecule has 1 atom stereocenters. The van der Waals surface area contributed by atoms with Gasteiger partial charge in [0, 0.05) is 11.9 Å². The Kier molecular flexibility index (Phi) is 2.68. The van der Waals surface area contributed by atoms with Crippen molar-refractivity contribution < 1.29 is 9.18 Å². The lowest BCUT2D eigenvalue weighted by Gasteiger charge is -2.25. The standard InChI is InChI=1S/C10H8ClFN2O/c11-9-10(15)14(6-5-13-9)8-3-1-7(12)2-4-8/h1-5,9H,6H2. The normalized spacial score (nSPS) is 20.8. The number of hydrogen-bond acceptors (Lipinski definition) is 2. The Labute approximate surface area is 91.2 Å². The first-order valence-electron chi connectivity index (χ1n) is 4.41. The fourth-order valence-corrected chi connectivity index (χ4v) is 1.55. The third kappa shape index (κ3) is 1.99. The zero-order valence-corrected chi connectivity index (χ0v) is 8.49. The highest BCUT2D eigenvalue weighted by molar-refractivity contribution is 6.33. The monoisotopic (exact) mass is 226 g/mol. The van der Waals surface area contributed by atoms with E-state index < -0.39 is 5.50 Å². The van der Waals surface area contributed by atoms with Crippen molar-refractivity contribution >= 4 is 29.4 Å². The van der Waals surface area contributed by atoms with Crippen LogP contribution in [-0.4, -0.2) is 24.2 Å². The van der Waals surface area contributed by atoms with Gasteiger partial charge in [-0.3, -0.25) is 9.79 Å². The first kappa shape index (κ1) is 10.1. The van der Waals surface area contributed by atoms with E-state index in [-0.39, 0.29) is 11.7 Å². The van der Waals surface area contributed by atoms with E-state index in [1.54, 1.807) is 6.21 Å². The molecule has 5 heteroatoms. The lowest BCUT2D eigenvalue weighted by atomic mass is 10.2. The van der Waals surface area contributed by atoms with Crippen molar-refractivity contribution in [2.75, 3.05) is 11.4 Å². The summed E-state index contributed by atoms with van der Waals surface area (Å²) in [4.78, 5) is 16.8. The SMILES string of the molecule is O=C1C(Cl)N=CCN1c1ccc(F)cc1. The molecule has 0 saturated heterocycles. The van der Waals surface area contributed by atoms with Gasteiger partial charge >= 0.3 is 0 Å². The molecule has 1 aromatic carbocycles. The average molecular weight is 227 g/mol. The maximum atomic E-state index is 12.7. The Balaban J connectivity index is 2.28. The second-order valence-electron chi connectivity index (χ2n) is 3.09. The third-order valence-corrected chi connectivity index (χ3v) is 2.41. The van der Waals surface area contributed by atoms with Crippen molar-refractivity contribution in [3.63, 3.8) is 0 Å². The summed E-state index contributed by atoms with van der Waals surface area (Å²) in [5.74, 6) is -0.620. The molecule has 0 fully saturated rings. The number of halogens is 2. The van der Waals surface area contributed by atoms with Crippen LogP contribution in [0.4, 0.5) is 10.1 Å². The predicted octanol–water partition coefficient (Wildman–Crippen LogP) is 1.81. The summed E-state index contributed by atoms with van der Waals surface area (Å²) in [5.41, 5.74) is -0.248. The summed E-state index contributed by atoms with van der Waals surface area (Å²) in [5, 5.41) is 0. The summed E-state index contributed by atoms with van der Waals surface area (Å²) in [6, 6.07) is 5.68. The Morgan fingerprint density at radius 1 is 1.40 bits per heavy atom. The van der Waals surface area contributed by atoms with Crippen LogP contribution >= 0.6 is 11.6 Å². The molecule has 15 heavy (non-hydrogen) atoms. The molecule has 1 amide bonds. The molecule has 0 aromatic heterocycles. The number of alkyl halides is 1. The van der Waals surface area contributed by atoms with Crippen molar-refractivity contribution in [2.24, 2.45) is 4.99 Å². The number of nitrogens with zero attached hydrogens (tertiary/aromatic N) is 2.